The van der Waals surface area contributed by atoms with E-state index in [4.69, 9.17) is 0 Å². The lowest BCUT2D eigenvalue weighted by Crippen LogP contribution is -2.60. The van der Waals surface area contributed by atoms with E-state index in [9.17, 15) is 14.7 Å². The fourth-order valence-corrected chi connectivity index (χ4v) is 11.0. The number of ketones is 2. The molecule has 4 rings (SSSR count). The van der Waals surface area contributed by atoms with Crippen LogP contribution in [0.3, 0.4) is 0 Å². The van der Waals surface area contributed by atoms with Crippen LogP contribution in [0.25, 0.3) is 0 Å². The van der Waals surface area contributed by atoms with Crippen LogP contribution in [0, 0.1) is 39.9 Å². The van der Waals surface area contributed by atoms with Gasteiger partial charge >= 0.3 is 0 Å². The molecule has 0 aromatic rings. The summed E-state index contributed by atoms with van der Waals surface area (Å²) < 4.78 is 0. The largest absolute Gasteiger partial charge is 0.392 e. The monoisotopic (exact) mass is 545 g/mol. The molecule has 38 heavy (non-hydrogen) atoms. The van der Waals surface area contributed by atoms with Crippen LogP contribution < -0.4 is 0 Å². The van der Waals surface area contributed by atoms with Crippen molar-refractivity contribution >= 4 is 23.3 Å². The highest BCUT2D eigenvalue weighted by atomic mass is 32.2. The molecule has 2 saturated heterocycles. The molecule has 216 valence electrons. The quantitative estimate of drug-likeness (QED) is 0.318. The third kappa shape index (κ3) is 5.22. The number of nitrogens with zero attached hydrogens (tertiary/aromatic N) is 1. The number of hydrogen-bond acceptors (Lipinski definition) is 5. The Kier molecular flexibility index (Phi) is 9.03. The Morgan fingerprint density at radius 3 is 2.32 bits per heavy atom. The van der Waals surface area contributed by atoms with Crippen LogP contribution in [0.1, 0.15) is 106 Å². The summed E-state index contributed by atoms with van der Waals surface area (Å²) in [5, 5.41) is 12.5. The van der Waals surface area contributed by atoms with Gasteiger partial charge in [-0.05, 0) is 99.8 Å². The van der Waals surface area contributed by atoms with Crippen molar-refractivity contribution in [3.05, 3.63) is 12.7 Å². The lowest BCUT2D eigenvalue weighted by molar-refractivity contribution is -0.181. The number of Topliss-reactive ketones (excluding diaryl/α,β-unsaturated/α-hetero) is 2. The third-order valence-electron chi connectivity index (χ3n) is 12.9. The van der Waals surface area contributed by atoms with E-state index in [0.717, 1.165) is 25.7 Å². The highest BCUT2D eigenvalue weighted by Gasteiger charge is 2.61. The van der Waals surface area contributed by atoms with Crippen molar-refractivity contribution in [2.24, 2.45) is 39.9 Å². The summed E-state index contributed by atoms with van der Waals surface area (Å²) in [6.45, 7) is 17.5. The van der Waals surface area contributed by atoms with Crippen molar-refractivity contribution in [3.63, 3.8) is 0 Å². The van der Waals surface area contributed by atoms with Crippen LogP contribution in [0.4, 0.5) is 0 Å². The summed E-state index contributed by atoms with van der Waals surface area (Å²) >= 11 is 1.91. The van der Waals surface area contributed by atoms with Crippen molar-refractivity contribution in [2.45, 2.75) is 129 Å². The van der Waals surface area contributed by atoms with Gasteiger partial charge in [-0.3, -0.25) is 4.79 Å². The summed E-state index contributed by atoms with van der Waals surface area (Å²) in [7, 11) is 2.28. The van der Waals surface area contributed by atoms with E-state index in [1.165, 1.54) is 25.7 Å². The van der Waals surface area contributed by atoms with E-state index in [1.807, 2.05) is 17.8 Å². The Bertz CT molecular complexity index is 893. The summed E-state index contributed by atoms with van der Waals surface area (Å²) in [5.74, 6) is 2.30. The Morgan fingerprint density at radius 1 is 1.11 bits per heavy atom. The predicted octanol–water partition coefficient (Wildman–Crippen LogP) is 6.94. The topological polar surface area (TPSA) is 57.6 Å². The second-order valence-electron chi connectivity index (χ2n) is 14.5. The molecule has 2 aliphatic carbocycles. The highest BCUT2D eigenvalue weighted by molar-refractivity contribution is 8.00. The maximum atomic E-state index is 13.7. The summed E-state index contributed by atoms with van der Waals surface area (Å²) in [5.41, 5.74) is -0.591. The van der Waals surface area contributed by atoms with Gasteiger partial charge in [-0.15, -0.1) is 6.58 Å². The molecule has 0 radical (unpaired) electrons. The molecule has 4 nitrogen and oxygen atoms in total. The molecule has 2 heterocycles. The maximum absolute atomic E-state index is 13.7. The molecule has 0 aromatic heterocycles. The second-order valence-corrected chi connectivity index (χ2v) is 15.8. The molecule has 2 aliphatic heterocycles. The van der Waals surface area contributed by atoms with E-state index in [0.29, 0.717) is 53.5 Å². The number of piperidine rings is 1. The number of fused-ring (bicyclic) bond motifs is 4. The molecular weight excluding hydrogens is 490 g/mol. The minimum absolute atomic E-state index is 0.0271. The van der Waals surface area contributed by atoms with Crippen LogP contribution in [0.5, 0.6) is 0 Å². The second kappa shape index (κ2) is 11.3. The Labute approximate surface area is 237 Å². The molecule has 0 amide bonds. The van der Waals surface area contributed by atoms with Gasteiger partial charge < -0.3 is 14.8 Å². The van der Waals surface area contributed by atoms with Crippen molar-refractivity contribution in [2.75, 3.05) is 12.8 Å². The van der Waals surface area contributed by atoms with Crippen LogP contribution in [0.15, 0.2) is 12.7 Å². The predicted molar refractivity (Wildman–Crippen MR) is 159 cm³/mol. The van der Waals surface area contributed by atoms with Gasteiger partial charge in [-0.1, -0.05) is 40.7 Å². The van der Waals surface area contributed by atoms with Gasteiger partial charge in [0, 0.05) is 35.6 Å². The number of aliphatic hydroxyl groups is 1. The first kappa shape index (κ1) is 30.3. The maximum Gasteiger partial charge on any atom is 0.143 e. The molecule has 4 fully saturated rings. The average Bonchev–Trinajstić information content (AvgIpc) is 3.08. The van der Waals surface area contributed by atoms with Gasteiger partial charge in [-0.2, -0.15) is 11.8 Å². The molecule has 11 atom stereocenters. The first-order valence-corrected chi connectivity index (χ1v) is 16.5. The van der Waals surface area contributed by atoms with Gasteiger partial charge in [0.2, 0.25) is 0 Å². The van der Waals surface area contributed by atoms with E-state index in [2.05, 4.69) is 53.1 Å². The van der Waals surface area contributed by atoms with Gasteiger partial charge in [-0.25, -0.2) is 0 Å². The van der Waals surface area contributed by atoms with E-state index in [-0.39, 0.29) is 28.4 Å². The summed E-state index contributed by atoms with van der Waals surface area (Å²) in [4.78, 5) is 28.4. The van der Waals surface area contributed by atoms with E-state index < -0.39 is 11.5 Å². The molecule has 4 bridgehead atoms. The van der Waals surface area contributed by atoms with Crippen LogP contribution in [-0.4, -0.2) is 57.8 Å². The minimum Gasteiger partial charge on any atom is -0.392 e. The first-order chi connectivity index (χ1) is 17.8. The van der Waals surface area contributed by atoms with Gasteiger partial charge in [0.15, 0.2) is 0 Å². The Balaban J connectivity index is 1.58. The fourth-order valence-electron chi connectivity index (χ4n) is 9.71. The standard InChI is InChI=1S/C33H55NO3S/c1-9-31(6)19-25(16-28(36)20-38-29-17-26-10-11-27(18-29)34(26)8)32(7)21(2)12-14-33(24(32)5,15-13-22(3)35)23(4)30(31)37/h9,21,23-27,29-30,37H,1,10-20H2,2-8H3/t21-,23+,24+,25-,26-,27+,29-,30+,31-,32-,33+/m1/s1. The van der Waals surface area contributed by atoms with Gasteiger partial charge in [0.1, 0.15) is 11.6 Å². The molecule has 1 N–H and O–H groups in total. The number of carbonyl (C=O) groups is 2. The smallest absolute Gasteiger partial charge is 0.143 e. The van der Waals surface area contributed by atoms with E-state index >= 15 is 0 Å². The number of hydrogen-bond donors (Lipinski definition) is 1. The molecule has 0 spiro atoms. The average molecular weight is 546 g/mol. The lowest BCUT2D eigenvalue weighted by Gasteiger charge is -2.64. The van der Waals surface area contributed by atoms with Crippen molar-refractivity contribution in [3.8, 4) is 0 Å². The molecular formula is C33H55NO3S. The zero-order chi connectivity index (χ0) is 28.0. The molecule has 0 aromatic carbocycles. The highest BCUT2D eigenvalue weighted by Crippen LogP contribution is 2.66. The number of thioether (sulfide) groups is 1. The third-order valence-corrected chi connectivity index (χ3v) is 14.3. The van der Waals surface area contributed by atoms with Crippen molar-refractivity contribution in [1.82, 2.24) is 4.90 Å². The summed E-state index contributed by atoms with van der Waals surface area (Å²) in [6.07, 6.45) is 11.4. The summed E-state index contributed by atoms with van der Waals surface area (Å²) in [6, 6.07) is 1.41. The van der Waals surface area contributed by atoms with Gasteiger partial charge in [0.05, 0.1) is 11.9 Å². The molecule has 2 saturated carbocycles. The number of carbonyl (C=O) groups excluding carboxylic acids is 2. The molecule has 5 heteroatoms. The number of rotatable bonds is 9. The zero-order valence-electron chi connectivity index (χ0n) is 25.3. The molecule has 4 aliphatic rings. The van der Waals surface area contributed by atoms with Crippen molar-refractivity contribution in [1.29, 1.82) is 0 Å². The SMILES string of the molecule is C=C[C@]1(C)C[C@@H](CC(=O)CS[C@@H]2C[C@H]3CC[C@@H](C2)N3C)[C@]2(C)[C@H](C)CC[C@@](CCC(C)=O)([C@H]2C)[C@@H](C)[C@@H]1O. The fraction of sp³-hybridized carbons (Fsp3) is 0.879. The normalized spacial score (nSPS) is 47.3. The van der Waals surface area contributed by atoms with Gasteiger partial charge in [0.25, 0.3) is 0 Å². The Morgan fingerprint density at radius 2 is 1.74 bits per heavy atom. The minimum atomic E-state index is -0.533. The zero-order valence-corrected chi connectivity index (χ0v) is 26.1. The van der Waals surface area contributed by atoms with Crippen LogP contribution >= 0.6 is 11.8 Å². The number of aliphatic hydroxyl groups excluding tert-OH is 1. The van der Waals surface area contributed by atoms with Crippen molar-refractivity contribution < 1.29 is 14.7 Å². The van der Waals surface area contributed by atoms with E-state index in [1.54, 1.807) is 6.92 Å². The molecule has 0 unspecified atom stereocenters. The Hall–Kier alpha value is -0.650. The lowest BCUT2D eigenvalue weighted by atomic mass is 9.40. The first-order valence-electron chi connectivity index (χ1n) is 15.4. The van der Waals surface area contributed by atoms with Crippen LogP contribution in [-0.2, 0) is 9.59 Å². The van der Waals surface area contributed by atoms with Crippen LogP contribution in [0.2, 0.25) is 0 Å².